The number of hydrogen-bond donors (Lipinski definition) is 0. The first kappa shape index (κ1) is 23.3. The van der Waals surface area contributed by atoms with Gasteiger partial charge < -0.3 is 25.3 Å². The molecule has 0 fully saturated rings. The molecule has 0 bridgehead atoms. The number of carbonyl (C=O) groups is 2. The summed E-state index contributed by atoms with van der Waals surface area (Å²) in [5.74, 6) is -1.92. The molecular weight excluding hydrogens is 240 g/mol. The topological polar surface area (TPSA) is 112 Å². The summed E-state index contributed by atoms with van der Waals surface area (Å²) in [4.78, 5) is 19.0. The monoisotopic (exact) mass is 255 g/mol. The zero-order chi connectivity index (χ0) is 9.98. The van der Waals surface area contributed by atoms with Crippen LogP contribution in [-0.4, -0.2) is 17.4 Å². The van der Waals surface area contributed by atoms with Crippen LogP contribution in [0.15, 0.2) is 0 Å². The van der Waals surface area contributed by atoms with E-state index in [1.165, 1.54) is 0 Å². The number of carbonyl (C=O) groups excluding carboxylic acids is 2. The molecule has 1 radical (unpaired) electrons. The van der Waals surface area contributed by atoms with Gasteiger partial charge in [0.25, 0.3) is 0 Å². The Bertz CT molecular complexity index is 122. The van der Waals surface area contributed by atoms with Crippen LogP contribution in [0.5, 0.6) is 0 Å². The fourth-order valence-corrected chi connectivity index (χ4v) is 0.408. The SMILES string of the molecule is CCCC(=O)[O-].CCCC(=O)[O-].O.[Cu+2]. The summed E-state index contributed by atoms with van der Waals surface area (Å²) < 4.78 is 0. The van der Waals surface area contributed by atoms with Gasteiger partial charge in [0.2, 0.25) is 0 Å². The summed E-state index contributed by atoms with van der Waals surface area (Å²) in [5.41, 5.74) is 0. The quantitative estimate of drug-likeness (QED) is 0.554. The first-order chi connectivity index (χ1) is 5.54. The van der Waals surface area contributed by atoms with Gasteiger partial charge in [-0.3, -0.25) is 0 Å². The van der Waals surface area contributed by atoms with E-state index >= 15 is 0 Å². The van der Waals surface area contributed by atoms with Gasteiger partial charge in [0.1, 0.15) is 0 Å². The maximum Gasteiger partial charge on any atom is 2.00 e. The van der Waals surface area contributed by atoms with E-state index < -0.39 is 11.9 Å². The second kappa shape index (κ2) is 18.3. The molecule has 0 aliphatic rings. The Hall–Kier alpha value is -0.581. The Morgan fingerprint density at radius 2 is 1.14 bits per heavy atom. The fraction of sp³-hybridized carbons (Fsp3) is 0.750. The van der Waals surface area contributed by atoms with Gasteiger partial charge in [-0.15, -0.1) is 0 Å². The molecule has 0 aromatic carbocycles. The molecule has 0 atom stereocenters. The van der Waals surface area contributed by atoms with Gasteiger partial charge in [-0.25, -0.2) is 0 Å². The normalized spacial score (nSPS) is 7.00. The maximum absolute atomic E-state index is 9.49. The molecule has 2 N–H and O–H groups in total. The standard InChI is InChI=1S/2C4H8O2.Cu.H2O/c2*1-2-3-4(5)6;;/h2*2-3H2,1H3,(H,5,6);;1H2/q;;+2;/p-2. The van der Waals surface area contributed by atoms with E-state index in [4.69, 9.17) is 0 Å². The predicted molar refractivity (Wildman–Crippen MR) is 43.4 cm³/mol. The van der Waals surface area contributed by atoms with Crippen LogP contribution in [0.3, 0.4) is 0 Å². The molecule has 0 aliphatic carbocycles. The Balaban J connectivity index is -0.0000000625. The second-order valence-corrected chi connectivity index (χ2v) is 2.24. The average Bonchev–Trinajstić information content (AvgIpc) is 1.87. The number of aliphatic carboxylic acids is 2. The van der Waals surface area contributed by atoms with Crippen LogP contribution in [0.1, 0.15) is 39.5 Å². The van der Waals surface area contributed by atoms with Crippen molar-refractivity contribution in [1.29, 1.82) is 0 Å². The minimum atomic E-state index is -0.961. The summed E-state index contributed by atoms with van der Waals surface area (Å²) in [7, 11) is 0. The molecule has 89 valence electrons. The van der Waals surface area contributed by atoms with Gasteiger partial charge in [-0.2, -0.15) is 0 Å². The van der Waals surface area contributed by atoms with Crippen molar-refractivity contribution >= 4 is 11.9 Å². The van der Waals surface area contributed by atoms with Crippen LogP contribution in [0, 0.1) is 0 Å². The van der Waals surface area contributed by atoms with Crippen molar-refractivity contribution in [3.63, 3.8) is 0 Å². The number of carboxylic acid groups (broad SMARTS) is 2. The smallest absolute Gasteiger partial charge is 0.550 e. The van der Waals surface area contributed by atoms with Crippen molar-refractivity contribution < 1.29 is 42.3 Å². The molecule has 0 aromatic rings. The largest absolute Gasteiger partial charge is 2.00 e. The minimum absolute atomic E-state index is 0. The van der Waals surface area contributed by atoms with Crippen LogP contribution in [0.2, 0.25) is 0 Å². The molecule has 0 aliphatic heterocycles. The fourth-order valence-electron chi connectivity index (χ4n) is 0.408. The molecule has 0 saturated heterocycles. The van der Waals surface area contributed by atoms with Crippen molar-refractivity contribution in [1.82, 2.24) is 0 Å². The Morgan fingerprint density at radius 3 is 1.14 bits per heavy atom. The van der Waals surface area contributed by atoms with E-state index in [1.54, 1.807) is 13.8 Å². The molecule has 5 nitrogen and oxygen atoms in total. The van der Waals surface area contributed by atoms with Crippen LogP contribution < -0.4 is 10.2 Å². The molecular formula is C8H16CuO5. The molecule has 6 heteroatoms. The summed E-state index contributed by atoms with van der Waals surface area (Å²) in [6.07, 6.45) is 1.70. The third kappa shape index (κ3) is 42.2. The zero-order valence-electron chi connectivity index (χ0n) is 8.26. The van der Waals surface area contributed by atoms with Gasteiger partial charge in [0.05, 0.1) is 0 Å². The molecule has 14 heavy (non-hydrogen) atoms. The number of carboxylic acids is 2. The summed E-state index contributed by atoms with van der Waals surface area (Å²) in [6.45, 7) is 3.60. The average molecular weight is 256 g/mol. The molecule has 0 aromatic heterocycles. The molecule has 0 saturated carbocycles. The molecule has 0 spiro atoms. The van der Waals surface area contributed by atoms with E-state index in [1.807, 2.05) is 0 Å². The van der Waals surface area contributed by atoms with Crippen molar-refractivity contribution in [3.8, 4) is 0 Å². The molecule has 0 amide bonds. The van der Waals surface area contributed by atoms with Crippen molar-refractivity contribution in [3.05, 3.63) is 0 Å². The molecule has 0 unspecified atom stereocenters. The third-order valence-electron chi connectivity index (χ3n) is 0.908. The van der Waals surface area contributed by atoms with Crippen LogP contribution in [0.4, 0.5) is 0 Å². The first-order valence-electron chi connectivity index (χ1n) is 3.94. The van der Waals surface area contributed by atoms with Gasteiger partial charge in [-0.05, 0) is 12.8 Å². The van der Waals surface area contributed by atoms with E-state index in [2.05, 4.69) is 0 Å². The minimum Gasteiger partial charge on any atom is -0.550 e. The maximum atomic E-state index is 9.49. The van der Waals surface area contributed by atoms with Crippen molar-refractivity contribution in [2.75, 3.05) is 0 Å². The second-order valence-electron chi connectivity index (χ2n) is 2.24. The summed E-state index contributed by atoms with van der Waals surface area (Å²) >= 11 is 0. The third-order valence-corrected chi connectivity index (χ3v) is 0.908. The Kier molecular flexibility index (Phi) is 30.4. The molecule has 0 heterocycles. The van der Waals surface area contributed by atoms with Crippen molar-refractivity contribution in [2.45, 2.75) is 39.5 Å². The number of rotatable bonds is 4. The molecule has 0 rings (SSSR count). The van der Waals surface area contributed by atoms with E-state index in [-0.39, 0.29) is 35.4 Å². The van der Waals surface area contributed by atoms with Crippen LogP contribution in [-0.2, 0) is 26.7 Å². The number of hydrogen-bond acceptors (Lipinski definition) is 4. The van der Waals surface area contributed by atoms with Crippen molar-refractivity contribution in [2.24, 2.45) is 0 Å². The first-order valence-corrected chi connectivity index (χ1v) is 3.94. The van der Waals surface area contributed by atoms with Crippen LogP contribution in [0.25, 0.3) is 0 Å². The van der Waals surface area contributed by atoms with Gasteiger partial charge in [0, 0.05) is 11.9 Å². The van der Waals surface area contributed by atoms with E-state index in [0.29, 0.717) is 12.8 Å². The summed E-state index contributed by atoms with van der Waals surface area (Å²) in [5, 5.41) is 19.0. The Morgan fingerprint density at radius 1 is 0.929 bits per heavy atom. The van der Waals surface area contributed by atoms with E-state index in [0.717, 1.165) is 0 Å². The van der Waals surface area contributed by atoms with Gasteiger partial charge >= 0.3 is 17.1 Å². The van der Waals surface area contributed by atoms with Crippen LogP contribution >= 0.6 is 0 Å². The van der Waals surface area contributed by atoms with Gasteiger partial charge in [0.15, 0.2) is 0 Å². The zero-order valence-corrected chi connectivity index (χ0v) is 9.20. The van der Waals surface area contributed by atoms with Gasteiger partial charge in [-0.1, -0.05) is 26.7 Å². The van der Waals surface area contributed by atoms with E-state index in [9.17, 15) is 19.8 Å². The predicted octanol–water partition coefficient (Wildman–Crippen LogP) is -1.75. The summed E-state index contributed by atoms with van der Waals surface area (Å²) in [6, 6.07) is 0. The Labute approximate surface area is 94.3 Å².